The van der Waals surface area contributed by atoms with Crippen LogP contribution in [0.25, 0.3) is 0 Å². The van der Waals surface area contributed by atoms with Crippen molar-refractivity contribution in [3.05, 3.63) is 0 Å². The fourth-order valence-corrected chi connectivity index (χ4v) is 3.02. The van der Waals surface area contributed by atoms with Gasteiger partial charge in [-0.2, -0.15) is 0 Å². The van der Waals surface area contributed by atoms with E-state index in [9.17, 15) is 8.42 Å². The van der Waals surface area contributed by atoms with Gasteiger partial charge in [0.05, 0.1) is 5.75 Å². The van der Waals surface area contributed by atoms with Gasteiger partial charge in [0.2, 0.25) is 10.0 Å². The van der Waals surface area contributed by atoms with Crippen LogP contribution in [0.4, 0.5) is 0 Å². The molecule has 1 N–H and O–H groups in total. The Balaban J connectivity index is 2.46. The third-order valence-corrected chi connectivity index (χ3v) is 4.35. The normalized spacial score (nSPS) is 23.2. The van der Waals surface area contributed by atoms with E-state index in [0.717, 1.165) is 25.8 Å². The molecule has 4 nitrogen and oxygen atoms in total. The highest BCUT2D eigenvalue weighted by Crippen LogP contribution is 2.06. The minimum Gasteiger partial charge on any atom is -0.314 e. The molecule has 1 heterocycles. The van der Waals surface area contributed by atoms with Gasteiger partial charge in [0.25, 0.3) is 0 Å². The molecule has 1 aliphatic heterocycles. The summed E-state index contributed by atoms with van der Waals surface area (Å²) in [6.45, 7) is 4.82. The number of nitrogens with zero attached hydrogens (tertiary/aromatic N) is 1. The molecule has 0 unspecified atom stereocenters. The third-order valence-electron chi connectivity index (χ3n) is 2.48. The Kier molecular flexibility index (Phi) is 4.84. The maximum Gasteiger partial charge on any atom is 0.215 e. The molecule has 0 amide bonds. The first-order valence-corrected chi connectivity index (χ1v) is 6.96. The third kappa shape index (κ3) is 3.55. The second-order valence-electron chi connectivity index (χ2n) is 3.67. The molecule has 0 saturated carbocycles. The molecule has 1 rings (SSSR count). The summed E-state index contributed by atoms with van der Waals surface area (Å²) in [5.41, 5.74) is 0. The Morgan fingerprint density at radius 1 is 1.29 bits per heavy atom. The molecule has 0 aromatic rings. The van der Waals surface area contributed by atoms with Crippen LogP contribution >= 0.6 is 0 Å². The first kappa shape index (κ1) is 11.9. The lowest BCUT2D eigenvalue weighted by atomic mass is 10.2. The van der Waals surface area contributed by atoms with Gasteiger partial charge < -0.3 is 5.32 Å². The van der Waals surface area contributed by atoms with E-state index in [4.69, 9.17) is 0 Å². The quantitative estimate of drug-likeness (QED) is 0.698. The summed E-state index contributed by atoms with van der Waals surface area (Å²) in [6, 6.07) is 0. The number of sulfonamides is 1. The van der Waals surface area contributed by atoms with Gasteiger partial charge in [-0.1, -0.05) is 19.8 Å². The summed E-state index contributed by atoms with van der Waals surface area (Å²) in [6.07, 6.45) is 3.22. The van der Waals surface area contributed by atoms with Gasteiger partial charge in [-0.15, -0.1) is 0 Å². The van der Waals surface area contributed by atoms with Gasteiger partial charge in [0, 0.05) is 26.2 Å². The molecule has 0 aromatic carbocycles. The molecule has 5 heteroatoms. The zero-order chi connectivity index (χ0) is 10.4. The lowest BCUT2D eigenvalue weighted by Gasteiger charge is -2.18. The van der Waals surface area contributed by atoms with Gasteiger partial charge in [0.15, 0.2) is 0 Å². The van der Waals surface area contributed by atoms with Crippen LogP contribution in [0.15, 0.2) is 0 Å². The highest BCUT2D eigenvalue weighted by molar-refractivity contribution is 7.89. The van der Waals surface area contributed by atoms with Gasteiger partial charge in [0.1, 0.15) is 0 Å². The van der Waals surface area contributed by atoms with Crippen molar-refractivity contribution >= 4 is 10.0 Å². The van der Waals surface area contributed by atoms with Crippen LogP contribution in [-0.2, 0) is 10.0 Å². The van der Waals surface area contributed by atoms with Crippen molar-refractivity contribution in [3.63, 3.8) is 0 Å². The second-order valence-corrected chi connectivity index (χ2v) is 5.76. The van der Waals surface area contributed by atoms with Gasteiger partial charge in [-0.25, -0.2) is 12.7 Å². The molecule has 14 heavy (non-hydrogen) atoms. The maximum atomic E-state index is 11.7. The molecular formula is C9H20N2O2S. The maximum absolute atomic E-state index is 11.7. The lowest BCUT2D eigenvalue weighted by molar-refractivity contribution is 0.407. The zero-order valence-electron chi connectivity index (χ0n) is 8.83. The van der Waals surface area contributed by atoms with E-state index >= 15 is 0 Å². The highest BCUT2D eigenvalue weighted by Gasteiger charge is 2.22. The fourth-order valence-electron chi connectivity index (χ4n) is 1.59. The summed E-state index contributed by atoms with van der Waals surface area (Å²) in [5, 5.41) is 3.10. The van der Waals surface area contributed by atoms with Gasteiger partial charge >= 0.3 is 0 Å². The largest absolute Gasteiger partial charge is 0.314 e. The van der Waals surface area contributed by atoms with Crippen LogP contribution in [0, 0.1) is 0 Å². The van der Waals surface area contributed by atoms with Crippen LogP contribution in [0.3, 0.4) is 0 Å². The summed E-state index contributed by atoms with van der Waals surface area (Å²) in [4.78, 5) is 0. The molecule has 0 spiro atoms. The smallest absolute Gasteiger partial charge is 0.215 e. The molecule has 0 radical (unpaired) electrons. The Bertz CT molecular complexity index is 252. The SMILES string of the molecule is CCCCCN1CCNCCS1(=O)=O. The summed E-state index contributed by atoms with van der Waals surface area (Å²) in [7, 11) is -2.97. The standard InChI is InChI=1S/C9H20N2O2S/c1-2-3-4-7-11-8-5-10-6-9-14(11,12)13/h10H,2-9H2,1H3. The van der Waals surface area contributed by atoms with E-state index in [0.29, 0.717) is 19.6 Å². The predicted molar refractivity (Wildman–Crippen MR) is 57.8 cm³/mol. The summed E-state index contributed by atoms with van der Waals surface area (Å²) < 4.78 is 25.0. The van der Waals surface area contributed by atoms with Crippen molar-refractivity contribution in [2.45, 2.75) is 26.2 Å². The van der Waals surface area contributed by atoms with E-state index in [1.54, 1.807) is 4.31 Å². The number of unbranched alkanes of at least 4 members (excludes halogenated alkanes) is 2. The van der Waals surface area contributed by atoms with E-state index < -0.39 is 10.0 Å². The van der Waals surface area contributed by atoms with Gasteiger partial charge in [-0.05, 0) is 6.42 Å². The molecule has 0 aliphatic carbocycles. The molecule has 0 atom stereocenters. The van der Waals surface area contributed by atoms with E-state index in [-0.39, 0.29) is 5.75 Å². The van der Waals surface area contributed by atoms with Crippen molar-refractivity contribution < 1.29 is 8.42 Å². The van der Waals surface area contributed by atoms with Gasteiger partial charge in [-0.3, -0.25) is 0 Å². The Morgan fingerprint density at radius 2 is 2.07 bits per heavy atom. The van der Waals surface area contributed by atoms with Crippen molar-refractivity contribution in [1.29, 1.82) is 0 Å². The summed E-state index contributed by atoms with van der Waals surface area (Å²) >= 11 is 0. The van der Waals surface area contributed by atoms with E-state index in [2.05, 4.69) is 12.2 Å². The molecule has 1 aliphatic rings. The van der Waals surface area contributed by atoms with Crippen LogP contribution < -0.4 is 5.32 Å². The summed E-state index contributed by atoms with van der Waals surface area (Å²) in [5.74, 6) is 0.249. The molecule has 1 fully saturated rings. The van der Waals surface area contributed by atoms with Crippen molar-refractivity contribution in [1.82, 2.24) is 9.62 Å². The minimum atomic E-state index is -2.97. The van der Waals surface area contributed by atoms with E-state index in [1.807, 2.05) is 0 Å². The van der Waals surface area contributed by atoms with Crippen LogP contribution in [0.5, 0.6) is 0 Å². The van der Waals surface area contributed by atoms with Crippen LogP contribution in [0.2, 0.25) is 0 Å². The fraction of sp³-hybridized carbons (Fsp3) is 1.00. The van der Waals surface area contributed by atoms with Crippen molar-refractivity contribution in [2.24, 2.45) is 0 Å². The number of rotatable bonds is 4. The number of hydrogen-bond acceptors (Lipinski definition) is 3. The molecule has 1 saturated heterocycles. The predicted octanol–water partition coefficient (Wildman–Crippen LogP) is 0.412. The average molecular weight is 220 g/mol. The van der Waals surface area contributed by atoms with E-state index in [1.165, 1.54) is 0 Å². The topological polar surface area (TPSA) is 49.4 Å². The zero-order valence-corrected chi connectivity index (χ0v) is 9.65. The lowest BCUT2D eigenvalue weighted by Crippen LogP contribution is -2.34. The minimum absolute atomic E-state index is 0.249. The Labute approximate surface area is 86.7 Å². The molecule has 84 valence electrons. The van der Waals surface area contributed by atoms with Crippen LogP contribution in [-0.4, -0.2) is 44.7 Å². The first-order chi connectivity index (χ1) is 6.67. The number of hydrogen-bond donors (Lipinski definition) is 1. The van der Waals surface area contributed by atoms with Crippen molar-refractivity contribution in [3.8, 4) is 0 Å². The van der Waals surface area contributed by atoms with Crippen LogP contribution in [0.1, 0.15) is 26.2 Å². The first-order valence-electron chi connectivity index (χ1n) is 5.35. The number of nitrogens with one attached hydrogen (secondary N) is 1. The Morgan fingerprint density at radius 3 is 2.79 bits per heavy atom. The average Bonchev–Trinajstić information content (AvgIpc) is 2.29. The second kappa shape index (κ2) is 5.68. The molecular weight excluding hydrogens is 200 g/mol. The monoisotopic (exact) mass is 220 g/mol. The molecule has 0 aromatic heterocycles. The van der Waals surface area contributed by atoms with Crippen molar-refractivity contribution in [2.75, 3.05) is 31.9 Å². The Hall–Kier alpha value is -0.130. The highest BCUT2D eigenvalue weighted by atomic mass is 32.2. The molecule has 0 bridgehead atoms.